The Balaban J connectivity index is 1.39. The summed E-state index contributed by atoms with van der Waals surface area (Å²) in [6, 6.07) is 1.71. The van der Waals surface area contributed by atoms with E-state index in [-0.39, 0.29) is 5.91 Å². The molecular formula is C14H19N5O2S. The van der Waals surface area contributed by atoms with Crippen LogP contribution in [0.1, 0.15) is 12.2 Å². The lowest BCUT2D eigenvalue weighted by Crippen LogP contribution is -2.47. The third-order valence-electron chi connectivity index (χ3n) is 3.61. The molecule has 7 nitrogen and oxygen atoms in total. The Morgan fingerprint density at radius 2 is 2.23 bits per heavy atom. The average molecular weight is 321 g/mol. The molecule has 0 unspecified atom stereocenters. The molecule has 1 fully saturated rings. The monoisotopic (exact) mass is 321 g/mol. The van der Waals surface area contributed by atoms with Crippen molar-refractivity contribution in [1.82, 2.24) is 15.0 Å². The van der Waals surface area contributed by atoms with Gasteiger partial charge in [-0.3, -0.25) is 9.69 Å². The van der Waals surface area contributed by atoms with Crippen LogP contribution in [-0.4, -0.2) is 53.7 Å². The van der Waals surface area contributed by atoms with Gasteiger partial charge in [-0.25, -0.2) is 4.98 Å². The second-order valence-electron chi connectivity index (χ2n) is 5.26. The summed E-state index contributed by atoms with van der Waals surface area (Å²) < 4.78 is 4.92. The Hall–Kier alpha value is -1.93. The molecule has 0 radical (unpaired) electrons. The number of nitrogens with zero attached hydrogens (tertiary/aromatic N) is 4. The van der Waals surface area contributed by atoms with Gasteiger partial charge in [-0.1, -0.05) is 5.16 Å². The number of hydrogen-bond donors (Lipinski definition) is 1. The van der Waals surface area contributed by atoms with Crippen LogP contribution in [0.2, 0.25) is 0 Å². The van der Waals surface area contributed by atoms with Crippen molar-refractivity contribution in [3.05, 3.63) is 23.4 Å². The molecule has 0 aromatic carbocycles. The predicted molar refractivity (Wildman–Crippen MR) is 85.3 cm³/mol. The first-order valence-electron chi connectivity index (χ1n) is 7.31. The molecule has 8 heteroatoms. The highest BCUT2D eigenvalue weighted by Gasteiger charge is 2.19. The molecule has 1 N–H and O–H groups in total. The normalized spacial score (nSPS) is 16.0. The van der Waals surface area contributed by atoms with Gasteiger partial charge in [-0.15, -0.1) is 11.3 Å². The topological polar surface area (TPSA) is 74.5 Å². The minimum absolute atomic E-state index is 0.0318. The first kappa shape index (κ1) is 15.0. The van der Waals surface area contributed by atoms with Gasteiger partial charge in [0.15, 0.2) is 10.9 Å². The number of aryl methyl sites for hydroxylation is 1. The first-order valence-corrected chi connectivity index (χ1v) is 8.18. The van der Waals surface area contributed by atoms with Crippen LogP contribution in [0.3, 0.4) is 0 Å². The number of hydrogen-bond acceptors (Lipinski definition) is 7. The van der Waals surface area contributed by atoms with Crippen molar-refractivity contribution in [2.45, 2.75) is 13.3 Å². The van der Waals surface area contributed by atoms with E-state index in [2.05, 4.69) is 25.3 Å². The Labute approximate surface area is 132 Å². The summed E-state index contributed by atoms with van der Waals surface area (Å²) in [5, 5.41) is 9.58. The van der Waals surface area contributed by atoms with Gasteiger partial charge in [-0.05, 0) is 6.92 Å². The van der Waals surface area contributed by atoms with Crippen molar-refractivity contribution in [2.24, 2.45) is 0 Å². The van der Waals surface area contributed by atoms with Gasteiger partial charge in [0.1, 0.15) is 5.76 Å². The maximum Gasteiger partial charge on any atom is 0.226 e. The van der Waals surface area contributed by atoms with Crippen LogP contribution in [0.25, 0.3) is 0 Å². The maximum atomic E-state index is 11.9. The molecule has 0 spiro atoms. The Kier molecular flexibility index (Phi) is 4.69. The largest absolute Gasteiger partial charge is 0.360 e. The summed E-state index contributed by atoms with van der Waals surface area (Å²) in [6.07, 6.45) is 2.30. The van der Waals surface area contributed by atoms with Gasteiger partial charge < -0.3 is 14.7 Å². The van der Waals surface area contributed by atoms with Crippen LogP contribution in [0.5, 0.6) is 0 Å². The van der Waals surface area contributed by atoms with Crippen molar-refractivity contribution < 1.29 is 9.32 Å². The lowest BCUT2D eigenvalue weighted by molar-refractivity contribution is -0.116. The van der Waals surface area contributed by atoms with Crippen molar-refractivity contribution in [1.29, 1.82) is 0 Å². The van der Waals surface area contributed by atoms with Crippen LogP contribution in [0.4, 0.5) is 10.9 Å². The van der Waals surface area contributed by atoms with Crippen molar-refractivity contribution in [3.8, 4) is 0 Å². The van der Waals surface area contributed by atoms with Gasteiger partial charge in [0, 0.05) is 56.8 Å². The number of carbonyl (C=O) groups excluding carboxylic acids is 1. The molecule has 118 valence electrons. The molecule has 0 aliphatic carbocycles. The van der Waals surface area contributed by atoms with Crippen LogP contribution in [-0.2, 0) is 4.79 Å². The van der Waals surface area contributed by atoms with E-state index >= 15 is 0 Å². The molecule has 0 saturated carbocycles. The fourth-order valence-corrected chi connectivity index (χ4v) is 3.12. The molecule has 2 aromatic heterocycles. The third kappa shape index (κ3) is 3.83. The summed E-state index contributed by atoms with van der Waals surface area (Å²) in [7, 11) is 0. The Morgan fingerprint density at radius 1 is 1.41 bits per heavy atom. The summed E-state index contributed by atoms with van der Waals surface area (Å²) in [4.78, 5) is 20.8. The Bertz CT molecular complexity index is 605. The van der Waals surface area contributed by atoms with E-state index in [4.69, 9.17) is 4.52 Å². The van der Waals surface area contributed by atoms with Gasteiger partial charge in [-0.2, -0.15) is 0 Å². The minimum Gasteiger partial charge on any atom is -0.360 e. The zero-order valence-corrected chi connectivity index (χ0v) is 13.3. The molecule has 1 amide bonds. The van der Waals surface area contributed by atoms with Gasteiger partial charge >= 0.3 is 0 Å². The minimum atomic E-state index is -0.0318. The number of carbonyl (C=O) groups is 1. The van der Waals surface area contributed by atoms with Crippen LogP contribution in [0.15, 0.2) is 22.2 Å². The van der Waals surface area contributed by atoms with E-state index in [0.29, 0.717) is 18.0 Å². The first-order chi connectivity index (χ1) is 10.7. The molecule has 3 heterocycles. The summed E-state index contributed by atoms with van der Waals surface area (Å²) in [5.74, 6) is 1.14. The molecule has 1 saturated heterocycles. The van der Waals surface area contributed by atoms with E-state index in [1.807, 2.05) is 11.6 Å². The predicted octanol–water partition coefficient (Wildman–Crippen LogP) is 1.59. The quantitative estimate of drug-likeness (QED) is 0.901. The van der Waals surface area contributed by atoms with Gasteiger partial charge in [0.25, 0.3) is 0 Å². The standard InChI is InChI=1S/C14H19N5O2S/c1-11-10-12(17-21-11)16-13(20)2-4-18-5-7-19(8-6-18)14-15-3-9-22-14/h3,9-10H,2,4-8H2,1H3,(H,16,17,20). The SMILES string of the molecule is Cc1cc(NC(=O)CCN2CCN(c3nccs3)CC2)no1. The van der Waals surface area contributed by atoms with E-state index < -0.39 is 0 Å². The van der Waals surface area contributed by atoms with Crippen LogP contribution in [0, 0.1) is 6.92 Å². The highest BCUT2D eigenvalue weighted by molar-refractivity contribution is 7.13. The van der Waals surface area contributed by atoms with Crippen molar-refractivity contribution in [3.63, 3.8) is 0 Å². The van der Waals surface area contributed by atoms with Gasteiger partial charge in [0.05, 0.1) is 0 Å². The molecule has 22 heavy (non-hydrogen) atoms. The van der Waals surface area contributed by atoms with E-state index in [0.717, 1.165) is 37.9 Å². The average Bonchev–Trinajstić information content (AvgIpc) is 3.18. The molecule has 2 aromatic rings. The maximum absolute atomic E-state index is 11.9. The summed E-state index contributed by atoms with van der Waals surface area (Å²) in [5.41, 5.74) is 0. The highest BCUT2D eigenvalue weighted by atomic mass is 32.1. The van der Waals surface area contributed by atoms with E-state index in [9.17, 15) is 4.79 Å². The number of amides is 1. The number of nitrogens with one attached hydrogen (secondary N) is 1. The second-order valence-corrected chi connectivity index (χ2v) is 6.14. The van der Waals surface area contributed by atoms with E-state index in [1.54, 1.807) is 24.3 Å². The number of piperazine rings is 1. The highest BCUT2D eigenvalue weighted by Crippen LogP contribution is 2.18. The molecule has 1 aliphatic rings. The van der Waals surface area contributed by atoms with Crippen molar-refractivity contribution in [2.75, 3.05) is 42.9 Å². The fourth-order valence-electron chi connectivity index (χ4n) is 2.43. The van der Waals surface area contributed by atoms with Crippen LogP contribution < -0.4 is 10.2 Å². The summed E-state index contributed by atoms with van der Waals surface area (Å²) in [6.45, 7) is 6.38. The number of thiazole rings is 1. The number of anilines is 2. The lowest BCUT2D eigenvalue weighted by atomic mass is 10.3. The molecule has 1 aliphatic heterocycles. The zero-order chi connectivity index (χ0) is 15.4. The van der Waals surface area contributed by atoms with Crippen molar-refractivity contribution >= 4 is 28.2 Å². The second kappa shape index (κ2) is 6.89. The molecule has 3 rings (SSSR count). The Morgan fingerprint density at radius 3 is 2.86 bits per heavy atom. The van der Waals surface area contributed by atoms with Crippen LogP contribution >= 0.6 is 11.3 Å². The lowest BCUT2D eigenvalue weighted by Gasteiger charge is -2.34. The van der Waals surface area contributed by atoms with Gasteiger partial charge in [0.2, 0.25) is 5.91 Å². The van der Waals surface area contributed by atoms with E-state index in [1.165, 1.54) is 0 Å². The number of aromatic nitrogens is 2. The third-order valence-corrected chi connectivity index (χ3v) is 4.44. The fraction of sp³-hybridized carbons (Fsp3) is 0.500. The summed E-state index contributed by atoms with van der Waals surface area (Å²) >= 11 is 1.67. The molecule has 0 atom stereocenters. The number of rotatable bonds is 5. The smallest absolute Gasteiger partial charge is 0.226 e. The zero-order valence-electron chi connectivity index (χ0n) is 12.5. The molecular weight excluding hydrogens is 302 g/mol. The molecule has 0 bridgehead atoms.